The van der Waals surface area contributed by atoms with Crippen LogP contribution in [0.3, 0.4) is 0 Å². The van der Waals surface area contributed by atoms with E-state index in [0.29, 0.717) is 0 Å². The highest BCUT2D eigenvalue weighted by Gasteiger charge is 2.14. The first-order valence-corrected chi connectivity index (χ1v) is 5.38. The van der Waals surface area contributed by atoms with Crippen LogP contribution in [-0.2, 0) is 6.54 Å². The molecule has 2 heteroatoms. The lowest BCUT2D eigenvalue weighted by Crippen LogP contribution is -2.08. The fourth-order valence-corrected chi connectivity index (χ4v) is 2.16. The molecule has 0 unspecified atom stereocenters. The molecule has 0 atom stereocenters. The molecule has 0 saturated carbocycles. The molecular formula is C14H13NO. The summed E-state index contributed by atoms with van der Waals surface area (Å²) in [6.45, 7) is 0.885. The summed E-state index contributed by atoms with van der Waals surface area (Å²) in [7, 11) is 1.69. The molecule has 0 fully saturated rings. The molecule has 0 amide bonds. The lowest BCUT2D eigenvalue weighted by molar-refractivity contribution is 0.415. The molecule has 16 heavy (non-hydrogen) atoms. The van der Waals surface area contributed by atoms with Gasteiger partial charge in [-0.05, 0) is 23.3 Å². The molecule has 1 aliphatic rings. The second-order valence-corrected chi connectivity index (χ2v) is 3.92. The summed E-state index contributed by atoms with van der Waals surface area (Å²) in [4.78, 5) is 0. The second-order valence-electron chi connectivity index (χ2n) is 3.92. The summed E-state index contributed by atoms with van der Waals surface area (Å²) in [6, 6.07) is 14.7. The third-order valence-corrected chi connectivity index (χ3v) is 3.00. The minimum Gasteiger partial charge on any atom is -0.497 e. The molecule has 0 radical (unpaired) electrons. The molecule has 0 saturated heterocycles. The van der Waals surface area contributed by atoms with E-state index in [0.717, 1.165) is 18.0 Å². The van der Waals surface area contributed by atoms with E-state index in [9.17, 15) is 0 Å². The predicted octanol–water partition coefficient (Wildman–Crippen LogP) is 3.29. The van der Waals surface area contributed by atoms with Crippen molar-refractivity contribution in [3.05, 3.63) is 48.0 Å². The maximum atomic E-state index is 5.23. The molecule has 0 aromatic heterocycles. The van der Waals surface area contributed by atoms with Crippen molar-refractivity contribution in [1.82, 2.24) is 0 Å². The molecule has 1 heterocycles. The van der Waals surface area contributed by atoms with Crippen molar-refractivity contribution < 1.29 is 4.74 Å². The molecule has 1 aliphatic heterocycles. The number of hydrogen-bond donors (Lipinski definition) is 1. The zero-order chi connectivity index (χ0) is 11.0. The second kappa shape index (κ2) is 3.56. The van der Waals surface area contributed by atoms with Crippen molar-refractivity contribution in [2.75, 3.05) is 12.4 Å². The van der Waals surface area contributed by atoms with Crippen LogP contribution in [0.1, 0.15) is 5.56 Å². The van der Waals surface area contributed by atoms with Gasteiger partial charge >= 0.3 is 0 Å². The number of nitrogens with one attached hydrogen (secondary N) is 1. The SMILES string of the molecule is COc1ccc2c(c1)NCc1ccccc1-2. The van der Waals surface area contributed by atoms with Crippen molar-refractivity contribution in [1.29, 1.82) is 0 Å². The van der Waals surface area contributed by atoms with Crippen LogP contribution >= 0.6 is 0 Å². The summed E-state index contributed by atoms with van der Waals surface area (Å²) >= 11 is 0. The molecule has 3 rings (SSSR count). The average Bonchev–Trinajstić information content (AvgIpc) is 2.38. The number of rotatable bonds is 1. The minimum atomic E-state index is 0.885. The van der Waals surface area contributed by atoms with Crippen molar-refractivity contribution in [3.63, 3.8) is 0 Å². The number of benzene rings is 2. The summed E-state index contributed by atoms with van der Waals surface area (Å²) in [5.74, 6) is 0.894. The smallest absolute Gasteiger partial charge is 0.120 e. The highest BCUT2D eigenvalue weighted by Crippen LogP contribution is 2.37. The first kappa shape index (κ1) is 9.28. The summed E-state index contributed by atoms with van der Waals surface area (Å²) in [5.41, 5.74) is 5.07. The Balaban J connectivity index is 2.18. The molecule has 1 N–H and O–H groups in total. The molecule has 0 aliphatic carbocycles. The number of fused-ring (bicyclic) bond motifs is 3. The Bertz CT molecular complexity index is 534. The zero-order valence-electron chi connectivity index (χ0n) is 9.16. The lowest BCUT2D eigenvalue weighted by Gasteiger charge is -2.21. The molecule has 0 spiro atoms. The van der Waals surface area contributed by atoms with Crippen LogP contribution < -0.4 is 10.1 Å². The number of anilines is 1. The van der Waals surface area contributed by atoms with Gasteiger partial charge in [0.1, 0.15) is 5.75 Å². The van der Waals surface area contributed by atoms with Crippen LogP contribution in [0, 0.1) is 0 Å². The monoisotopic (exact) mass is 211 g/mol. The van der Waals surface area contributed by atoms with Gasteiger partial charge < -0.3 is 10.1 Å². The largest absolute Gasteiger partial charge is 0.497 e. The van der Waals surface area contributed by atoms with Gasteiger partial charge in [0, 0.05) is 23.9 Å². The van der Waals surface area contributed by atoms with E-state index in [1.807, 2.05) is 12.1 Å². The third-order valence-electron chi connectivity index (χ3n) is 3.00. The van der Waals surface area contributed by atoms with Crippen LogP contribution in [0.15, 0.2) is 42.5 Å². The van der Waals surface area contributed by atoms with E-state index in [1.54, 1.807) is 7.11 Å². The van der Waals surface area contributed by atoms with Gasteiger partial charge in [-0.1, -0.05) is 24.3 Å². The Morgan fingerprint density at radius 2 is 1.94 bits per heavy atom. The zero-order valence-corrected chi connectivity index (χ0v) is 9.16. The maximum Gasteiger partial charge on any atom is 0.120 e. The summed E-state index contributed by atoms with van der Waals surface area (Å²) < 4.78 is 5.23. The van der Waals surface area contributed by atoms with Gasteiger partial charge in [0.2, 0.25) is 0 Å². The minimum absolute atomic E-state index is 0.885. The van der Waals surface area contributed by atoms with Crippen molar-refractivity contribution in [3.8, 4) is 16.9 Å². The van der Waals surface area contributed by atoms with E-state index in [1.165, 1.54) is 16.7 Å². The first-order chi connectivity index (χ1) is 7.88. The third kappa shape index (κ3) is 1.34. The lowest BCUT2D eigenvalue weighted by atomic mass is 9.95. The van der Waals surface area contributed by atoms with Gasteiger partial charge in [-0.25, -0.2) is 0 Å². The Morgan fingerprint density at radius 1 is 1.06 bits per heavy atom. The van der Waals surface area contributed by atoms with Crippen LogP contribution in [-0.4, -0.2) is 7.11 Å². The highest BCUT2D eigenvalue weighted by molar-refractivity contribution is 5.83. The van der Waals surface area contributed by atoms with Crippen LogP contribution in [0.2, 0.25) is 0 Å². The van der Waals surface area contributed by atoms with Gasteiger partial charge in [-0.15, -0.1) is 0 Å². The molecular weight excluding hydrogens is 198 g/mol. The Kier molecular flexibility index (Phi) is 2.07. The fourth-order valence-electron chi connectivity index (χ4n) is 2.16. The standard InChI is InChI=1S/C14H13NO/c1-16-11-6-7-13-12-5-3-2-4-10(12)9-15-14(13)8-11/h2-8,15H,9H2,1H3. The van der Waals surface area contributed by atoms with E-state index < -0.39 is 0 Å². The van der Waals surface area contributed by atoms with E-state index in [2.05, 4.69) is 35.6 Å². The summed E-state index contributed by atoms with van der Waals surface area (Å²) in [6.07, 6.45) is 0. The normalized spacial score (nSPS) is 12.3. The Labute approximate surface area is 94.9 Å². The molecule has 80 valence electrons. The Morgan fingerprint density at radius 3 is 2.81 bits per heavy atom. The van der Waals surface area contributed by atoms with Crippen molar-refractivity contribution >= 4 is 5.69 Å². The van der Waals surface area contributed by atoms with Gasteiger partial charge in [0.25, 0.3) is 0 Å². The number of hydrogen-bond acceptors (Lipinski definition) is 2. The topological polar surface area (TPSA) is 21.3 Å². The van der Waals surface area contributed by atoms with E-state index >= 15 is 0 Å². The van der Waals surface area contributed by atoms with Crippen LogP contribution in [0.4, 0.5) is 5.69 Å². The molecule has 2 aromatic carbocycles. The van der Waals surface area contributed by atoms with Crippen LogP contribution in [0.5, 0.6) is 5.75 Å². The van der Waals surface area contributed by atoms with E-state index in [-0.39, 0.29) is 0 Å². The van der Waals surface area contributed by atoms with Gasteiger partial charge in [-0.2, -0.15) is 0 Å². The molecule has 2 nitrogen and oxygen atoms in total. The predicted molar refractivity (Wildman–Crippen MR) is 65.8 cm³/mol. The van der Waals surface area contributed by atoms with Gasteiger partial charge in [0.05, 0.1) is 7.11 Å². The Hall–Kier alpha value is -1.96. The van der Waals surface area contributed by atoms with E-state index in [4.69, 9.17) is 4.74 Å². The fraction of sp³-hybridized carbons (Fsp3) is 0.143. The molecule has 0 bridgehead atoms. The van der Waals surface area contributed by atoms with Gasteiger partial charge in [-0.3, -0.25) is 0 Å². The average molecular weight is 211 g/mol. The summed E-state index contributed by atoms with van der Waals surface area (Å²) in [5, 5.41) is 3.41. The van der Waals surface area contributed by atoms with Crippen LogP contribution in [0.25, 0.3) is 11.1 Å². The van der Waals surface area contributed by atoms with Gasteiger partial charge in [0.15, 0.2) is 0 Å². The highest BCUT2D eigenvalue weighted by atomic mass is 16.5. The molecule has 2 aromatic rings. The quantitative estimate of drug-likeness (QED) is 0.781. The van der Waals surface area contributed by atoms with Crippen molar-refractivity contribution in [2.24, 2.45) is 0 Å². The number of ether oxygens (including phenoxy) is 1. The maximum absolute atomic E-state index is 5.23. The van der Waals surface area contributed by atoms with Crippen molar-refractivity contribution in [2.45, 2.75) is 6.54 Å². The number of methoxy groups -OCH3 is 1. The first-order valence-electron chi connectivity index (χ1n) is 5.38.